The number of rotatable bonds is 8. The standard InChI is InChI=1S/C21H24F2N2O3S/c1-2-28-16-7-5-15(6-8-16)21(9-12-27-13-10-21)14-25-18(26)17-4-3-11-24-19(17)29-20(22)23/h3-8,11,20H,2,9-10,12-14H2,1H3,(H,25,26). The van der Waals surface area contributed by atoms with E-state index in [-0.39, 0.29) is 27.8 Å². The van der Waals surface area contributed by atoms with Gasteiger partial charge in [-0.05, 0) is 61.4 Å². The molecule has 0 unspecified atom stereocenters. The number of thioether (sulfide) groups is 1. The summed E-state index contributed by atoms with van der Waals surface area (Å²) in [5.74, 6) is -2.24. The molecule has 3 rings (SSSR count). The Labute approximate surface area is 173 Å². The molecule has 0 bridgehead atoms. The van der Waals surface area contributed by atoms with Crippen LogP contribution in [0.4, 0.5) is 8.78 Å². The van der Waals surface area contributed by atoms with Gasteiger partial charge in [0.2, 0.25) is 0 Å². The summed E-state index contributed by atoms with van der Waals surface area (Å²) in [6.45, 7) is 4.11. The van der Waals surface area contributed by atoms with Gasteiger partial charge in [-0.25, -0.2) is 4.98 Å². The van der Waals surface area contributed by atoms with E-state index < -0.39 is 11.7 Å². The number of aromatic nitrogens is 1. The Morgan fingerprint density at radius 1 is 1.28 bits per heavy atom. The molecule has 0 aliphatic carbocycles. The predicted octanol–water partition coefficient (Wildman–Crippen LogP) is 4.27. The molecule has 0 atom stereocenters. The number of carbonyl (C=O) groups excluding carboxylic acids is 1. The maximum Gasteiger partial charge on any atom is 0.290 e. The second-order valence-electron chi connectivity index (χ2n) is 6.77. The minimum Gasteiger partial charge on any atom is -0.494 e. The molecular formula is C21H24F2N2O3S. The zero-order chi connectivity index (χ0) is 20.7. The third-order valence-electron chi connectivity index (χ3n) is 5.03. The molecule has 1 amide bonds. The van der Waals surface area contributed by atoms with Crippen LogP contribution in [-0.4, -0.2) is 43.0 Å². The SMILES string of the molecule is CCOc1ccc(C2(CNC(=O)c3cccnc3SC(F)F)CCOCC2)cc1. The second kappa shape index (κ2) is 10.0. The van der Waals surface area contributed by atoms with Crippen molar-refractivity contribution >= 4 is 17.7 Å². The molecule has 1 saturated heterocycles. The first-order valence-corrected chi connectivity index (χ1v) is 10.4. The molecule has 1 aliphatic rings. The van der Waals surface area contributed by atoms with Gasteiger partial charge in [0.15, 0.2) is 0 Å². The average Bonchev–Trinajstić information content (AvgIpc) is 2.73. The third-order valence-corrected chi connectivity index (χ3v) is 5.76. The Morgan fingerprint density at radius 2 is 2.00 bits per heavy atom. The van der Waals surface area contributed by atoms with E-state index >= 15 is 0 Å². The number of ether oxygens (including phenoxy) is 2. The molecule has 0 spiro atoms. The Kier molecular flexibility index (Phi) is 7.44. The van der Waals surface area contributed by atoms with E-state index in [1.807, 2.05) is 31.2 Å². The van der Waals surface area contributed by atoms with E-state index in [0.29, 0.717) is 26.4 Å². The lowest BCUT2D eigenvalue weighted by atomic mass is 9.74. The molecule has 156 valence electrons. The number of benzene rings is 1. The molecule has 1 aromatic heterocycles. The van der Waals surface area contributed by atoms with Crippen molar-refractivity contribution in [3.63, 3.8) is 0 Å². The molecule has 0 radical (unpaired) electrons. The summed E-state index contributed by atoms with van der Waals surface area (Å²) in [7, 11) is 0. The van der Waals surface area contributed by atoms with Crippen molar-refractivity contribution in [2.75, 3.05) is 26.4 Å². The van der Waals surface area contributed by atoms with Gasteiger partial charge in [-0.2, -0.15) is 8.78 Å². The Hall–Kier alpha value is -2.19. The van der Waals surface area contributed by atoms with Gasteiger partial charge < -0.3 is 14.8 Å². The van der Waals surface area contributed by atoms with Crippen LogP contribution in [0.3, 0.4) is 0 Å². The molecule has 0 saturated carbocycles. The predicted molar refractivity (Wildman–Crippen MR) is 108 cm³/mol. The van der Waals surface area contributed by atoms with E-state index in [1.165, 1.54) is 12.3 Å². The van der Waals surface area contributed by atoms with Crippen LogP contribution in [0.5, 0.6) is 5.75 Å². The minimum atomic E-state index is -2.64. The van der Waals surface area contributed by atoms with Gasteiger partial charge in [-0.15, -0.1) is 0 Å². The van der Waals surface area contributed by atoms with E-state index in [0.717, 1.165) is 24.2 Å². The van der Waals surface area contributed by atoms with Crippen molar-refractivity contribution in [2.24, 2.45) is 0 Å². The quantitative estimate of drug-likeness (QED) is 0.644. The highest BCUT2D eigenvalue weighted by atomic mass is 32.2. The van der Waals surface area contributed by atoms with Gasteiger partial charge in [0.05, 0.1) is 12.2 Å². The summed E-state index contributed by atoms with van der Waals surface area (Å²) in [4.78, 5) is 16.7. The van der Waals surface area contributed by atoms with Crippen LogP contribution < -0.4 is 10.1 Å². The maximum absolute atomic E-state index is 12.8. The van der Waals surface area contributed by atoms with E-state index in [9.17, 15) is 13.6 Å². The molecule has 2 aromatic rings. The van der Waals surface area contributed by atoms with Crippen LogP contribution in [0.15, 0.2) is 47.6 Å². The van der Waals surface area contributed by atoms with E-state index in [4.69, 9.17) is 9.47 Å². The number of nitrogens with zero attached hydrogens (tertiary/aromatic N) is 1. The topological polar surface area (TPSA) is 60.5 Å². The van der Waals surface area contributed by atoms with Crippen molar-refractivity contribution in [3.05, 3.63) is 53.7 Å². The van der Waals surface area contributed by atoms with Gasteiger partial charge in [-0.1, -0.05) is 12.1 Å². The summed E-state index contributed by atoms with van der Waals surface area (Å²) in [5, 5.41) is 2.97. The average molecular weight is 422 g/mol. The summed E-state index contributed by atoms with van der Waals surface area (Å²) < 4.78 is 36.6. The fourth-order valence-corrected chi connectivity index (χ4v) is 4.07. The largest absolute Gasteiger partial charge is 0.494 e. The molecule has 1 N–H and O–H groups in total. The number of hydrogen-bond donors (Lipinski definition) is 1. The molecule has 5 nitrogen and oxygen atoms in total. The maximum atomic E-state index is 12.8. The number of halogens is 2. The van der Waals surface area contributed by atoms with E-state index in [2.05, 4.69) is 10.3 Å². The number of amides is 1. The minimum absolute atomic E-state index is 0.0297. The fraction of sp³-hybridized carbons (Fsp3) is 0.429. The van der Waals surface area contributed by atoms with E-state index in [1.54, 1.807) is 6.07 Å². The van der Waals surface area contributed by atoms with Crippen LogP contribution >= 0.6 is 11.8 Å². The molecule has 8 heteroatoms. The lowest BCUT2D eigenvalue weighted by molar-refractivity contribution is 0.0486. The summed E-state index contributed by atoms with van der Waals surface area (Å²) in [5.41, 5.74) is 0.973. The van der Waals surface area contributed by atoms with Crippen molar-refractivity contribution in [2.45, 2.75) is 36.0 Å². The van der Waals surface area contributed by atoms with Gasteiger partial charge in [0.1, 0.15) is 10.8 Å². The molecule has 1 fully saturated rings. The monoisotopic (exact) mass is 422 g/mol. The molecule has 2 heterocycles. The number of nitrogens with one attached hydrogen (secondary N) is 1. The fourth-order valence-electron chi connectivity index (χ4n) is 3.49. The number of alkyl halides is 2. The second-order valence-corrected chi connectivity index (χ2v) is 7.75. The lowest BCUT2D eigenvalue weighted by Gasteiger charge is -2.38. The van der Waals surface area contributed by atoms with Crippen LogP contribution in [-0.2, 0) is 10.2 Å². The van der Waals surface area contributed by atoms with Crippen molar-refractivity contribution in [1.29, 1.82) is 0 Å². The van der Waals surface area contributed by atoms with Crippen molar-refractivity contribution in [3.8, 4) is 5.75 Å². The normalized spacial score (nSPS) is 15.9. The highest BCUT2D eigenvalue weighted by Gasteiger charge is 2.35. The first kappa shape index (κ1) is 21.5. The van der Waals surface area contributed by atoms with Crippen molar-refractivity contribution in [1.82, 2.24) is 10.3 Å². The molecule has 1 aromatic carbocycles. The summed E-state index contributed by atoms with van der Waals surface area (Å²) in [6, 6.07) is 11.0. The van der Waals surface area contributed by atoms with Crippen LogP contribution in [0.1, 0.15) is 35.7 Å². The summed E-state index contributed by atoms with van der Waals surface area (Å²) in [6.07, 6.45) is 2.92. The van der Waals surface area contributed by atoms with Crippen LogP contribution in [0.2, 0.25) is 0 Å². The zero-order valence-corrected chi connectivity index (χ0v) is 17.0. The summed E-state index contributed by atoms with van der Waals surface area (Å²) >= 11 is 0.277. The Morgan fingerprint density at radius 3 is 2.66 bits per heavy atom. The highest BCUT2D eigenvalue weighted by Crippen LogP contribution is 2.35. The van der Waals surface area contributed by atoms with Gasteiger partial charge in [0.25, 0.3) is 11.7 Å². The Bertz CT molecular complexity index is 812. The van der Waals surface area contributed by atoms with Gasteiger partial charge >= 0.3 is 0 Å². The van der Waals surface area contributed by atoms with Gasteiger partial charge in [-0.3, -0.25) is 4.79 Å². The Balaban J connectivity index is 1.77. The van der Waals surface area contributed by atoms with Crippen LogP contribution in [0.25, 0.3) is 0 Å². The molecule has 1 aliphatic heterocycles. The third kappa shape index (κ3) is 5.45. The smallest absolute Gasteiger partial charge is 0.290 e. The highest BCUT2D eigenvalue weighted by molar-refractivity contribution is 7.99. The van der Waals surface area contributed by atoms with Crippen LogP contribution in [0, 0.1) is 0 Å². The van der Waals surface area contributed by atoms with Crippen molar-refractivity contribution < 1.29 is 23.0 Å². The number of pyridine rings is 1. The number of hydrogen-bond acceptors (Lipinski definition) is 5. The zero-order valence-electron chi connectivity index (χ0n) is 16.2. The number of carbonyl (C=O) groups is 1. The first-order valence-electron chi connectivity index (χ1n) is 9.53. The van der Waals surface area contributed by atoms with Gasteiger partial charge in [0, 0.05) is 31.4 Å². The lowest BCUT2D eigenvalue weighted by Crippen LogP contribution is -2.44. The molecular weight excluding hydrogens is 398 g/mol. The molecule has 29 heavy (non-hydrogen) atoms. The first-order chi connectivity index (χ1) is 14.0.